The monoisotopic (exact) mass is 307 g/mol. The summed E-state index contributed by atoms with van der Waals surface area (Å²) in [5.74, 6) is -0.587. The molecule has 6 nitrogen and oxygen atoms in total. The van der Waals surface area contributed by atoms with Crippen LogP contribution in [0.2, 0.25) is 0 Å². The Kier molecular flexibility index (Phi) is 9.59. The maximum Gasteiger partial charge on any atom is 0.513 e. The average Bonchev–Trinajstić information content (AvgIpc) is 2.47. The molecule has 0 aromatic heterocycles. The highest BCUT2D eigenvalue weighted by atomic mass is 31.1. The molecule has 0 aliphatic heterocycles. The molecule has 0 saturated heterocycles. The number of hydrogen-bond donors (Lipinski definition) is 1. The van der Waals surface area contributed by atoms with Crippen LogP contribution in [-0.4, -0.2) is 37.4 Å². The number of hydrogen-bond acceptors (Lipinski definition) is 6. The van der Waals surface area contributed by atoms with Crippen molar-refractivity contribution in [2.45, 2.75) is 18.9 Å². The summed E-state index contributed by atoms with van der Waals surface area (Å²) < 4.78 is 25.7. The van der Waals surface area contributed by atoms with Gasteiger partial charge in [-0.25, -0.2) is 9.59 Å². The molecule has 20 heavy (non-hydrogen) atoms. The van der Waals surface area contributed by atoms with Gasteiger partial charge in [0, 0.05) is 12.6 Å². The van der Waals surface area contributed by atoms with Crippen LogP contribution >= 0.6 is 9.12 Å². The largest absolute Gasteiger partial charge is 0.513 e. The Morgan fingerprint density at radius 3 is 2.50 bits per heavy atom. The van der Waals surface area contributed by atoms with Gasteiger partial charge in [-0.2, -0.15) is 4.20 Å². The molecule has 0 aromatic carbocycles. The van der Waals surface area contributed by atoms with E-state index in [0.29, 0.717) is 13.0 Å². The normalized spacial score (nSPS) is 13.5. The molecule has 0 rings (SSSR count). The van der Waals surface area contributed by atoms with Crippen molar-refractivity contribution in [2.24, 2.45) is 0 Å². The highest BCUT2D eigenvalue weighted by Gasteiger charge is 2.31. The highest BCUT2D eigenvalue weighted by molar-refractivity contribution is 7.26. The van der Waals surface area contributed by atoms with Gasteiger partial charge >= 0.3 is 12.1 Å². The van der Waals surface area contributed by atoms with E-state index in [1.807, 2.05) is 6.92 Å². The van der Waals surface area contributed by atoms with Gasteiger partial charge in [-0.3, -0.25) is 0 Å². The standard InChI is InChI=1S/C12H19FNO5P/c1-4-7-14-12(6-3,8-17-10(15)5-2)9-18-11(16)19-20-13/h4-5,14,20H,1-2,6-9H2,3H3. The zero-order valence-corrected chi connectivity index (χ0v) is 12.3. The fourth-order valence-electron chi connectivity index (χ4n) is 1.29. The number of carbonyl (C=O) groups excluding carboxylic acids is 2. The lowest BCUT2D eigenvalue weighted by molar-refractivity contribution is -0.140. The van der Waals surface area contributed by atoms with Gasteiger partial charge in [0.25, 0.3) is 9.12 Å². The van der Waals surface area contributed by atoms with Crippen LogP contribution in [0.3, 0.4) is 0 Å². The lowest BCUT2D eigenvalue weighted by atomic mass is 9.98. The van der Waals surface area contributed by atoms with E-state index in [-0.39, 0.29) is 13.2 Å². The van der Waals surface area contributed by atoms with Crippen LogP contribution in [-0.2, 0) is 18.8 Å². The highest BCUT2D eigenvalue weighted by Crippen LogP contribution is 2.16. The molecule has 2 atom stereocenters. The molecule has 0 spiro atoms. The van der Waals surface area contributed by atoms with Gasteiger partial charge in [0.05, 0.1) is 5.54 Å². The van der Waals surface area contributed by atoms with E-state index >= 15 is 0 Å². The third kappa shape index (κ3) is 7.21. The fourth-order valence-corrected chi connectivity index (χ4v) is 1.41. The van der Waals surface area contributed by atoms with Crippen molar-refractivity contribution >= 4 is 21.2 Å². The predicted molar refractivity (Wildman–Crippen MR) is 74.2 cm³/mol. The second-order valence-corrected chi connectivity index (χ2v) is 4.19. The minimum Gasteiger partial charge on any atom is -0.460 e. The van der Waals surface area contributed by atoms with Crippen molar-refractivity contribution in [1.29, 1.82) is 0 Å². The lowest BCUT2D eigenvalue weighted by Crippen LogP contribution is -2.53. The smallest absolute Gasteiger partial charge is 0.460 e. The third-order valence-electron chi connectivity index (χ3n) is 2.54. The molecule has 0 aromatic rings. The van der Waals surface area contributed by atoms with Gasteiger partial charge in [-0.15, -0.1) is 6.58 Å². The predicted octanol–water partition coefficient (Wildman–Crippen LogP) is 2.27. The van der Waals surface area contributed by atoms with Gasteiger partial charge in [-0.1, -0.05) is 19.6 Å². The Balaban J connectivity index is 4.64. The Morgan fingerprint density at radius 1 is 1.35 bits per heavy atom. The van der Waals surface area contributed by atoms with Crippen LogP contribution in [0, 0.1) is 0 Å². The van der Waals surface area contributed by atoms with E-state index in [4.69, 9.17) is 9.47 Å². The minimum absolute atomic E-state index is 0.0343. The van der Waals surface area contributed by atoms with Crippen molar-refractivity contribution in [3.8, 4) is 0 Å². The number of carbonyl (C=O) groups is 2. The van der Waals surface area contributed by atoms with Gasteiger partial charge < -0.3 is 19.3 Å². The molecule has 0 aliphatic carbocycles. The number of ether oxygens (including phenoxy) is 2. The summed E-state index contributed by atoms with van der Waals surface area (Å²) in [6, 6.07) is 0. The number of rotatable bonds is 10. The minimum atomic E-state index is -1.48. The molecule has 0 amide bonds. The van der Waals surface area contributed by atoms with Crippen LogP contribution in [0.25, 0.3) is 0 Å². The van der Waals surface area contributed by atoms with Crippen LogP contribution < -0.4 is 5.32 Å². The van der Waals surface area contributed by atoms with E-state index in [0.717, 1.165) is 6.08 Å². The van der Waals surface area contributed by atoms with Crippen molar-refractivity contribution in [3.63, 3.8) is 0 Å². The summed E-state index contributed by atoms with van der Waals surface area (Å²) in [4.78, 5) is 22.1. The zero-order chi connectivity index (χ0) is 15.4. The SMILES string of the molecule is C=CCNC(CC)(COC(=O)C=C)COC(=O)OPF. The maximum atomic E-state index is 11.8. The Hall–Kier alpha value is -1.46. The topological polar surface area (TPSA) is 73.9 Å². The fraction of sp³-hybridized carbons (Fsp3) is 0.500. The second-order valence-electron chi connectivity index (χ2n) is 3.83. The Morgan fingerprint density at radius 2 is 2.00 bits per heavy atom. The van der Waals surface area contributed by atoms with Crippen molar-refractivity contribution in [1.82, 2.24) is 5.32 Å². The lowest BCUT2D eigenvalue weighted by Gasteiger charge is -2.32. The summed E-state index contributed by atoms with van der Waals surface area (Å²) in [5.41, 5.74) is -0.800. The average molecular weight is 307 g/mol. The van der Waals surface area contributed by atoms with Gasteiger partial charge in [0.15, 0.2) is 0 Å². The summed E-state index contributed by atoms with van der Waals surface area (Å²) in [6.45, 7) is 8.93. The van der Waals surface area contributed by atoms with Crippen LogP contribution in [0.1, 0.15) is 13.3 Å². The first-order valence-electron chi connectivity index (χ1n) is 5.88. The molecule has 0 fully saturated rings. The van der Waals surface area contributed by atoms with Crippen molar-refractivity contribution in [3.05, 3.63) is 25.3 Å². The van der Waals surface area contributed by atoms with Crippen molar-refractivity contribution < 1.29 is 27.8 Å². The van der Waals surface area contributed by atoms with E-state index < -0.39 is 26.8 Å². The van der Waals surface area contributed by atoms with E-state index in [2.05, 4.69) is 23.0 Å². The molecule has 0 saturated carbocycles. The van der Waals surface area contributed by atoms with Gasteiger partial charge in [0.1, 0.15) is 13.2 Å². The maximum absolute atomic E-state index is 11.8. The molecule has 0 aliphatic rings. The quantitative estimate of drug-likeness (QED) is 0.289. The molecule has 8 heteroatoms. The Labute approximate surface area is 119 Å². The zero-order valence-electron chi connectivity index (χ0n) is 11.3. The third-order valence-corrected chi connectivity index (χ3v) is 2.79. The number of nitrogens with one attached hydrogen (secondary N) is 1. The molecule has 0 bridgehead atoms. The molecular weight excluding hydrogens is 288 g/mol. The summed E-state index contributed by atoms with van der Waals surface area (Å²) in [5, 5.41) is 3.06. The van der Waals surface area contributed by atoms with Crippen LogP contribution in [0.4, 0.5) is 8.99 Å². The van der Waals surface area contributed by atoms with Crippen LogP contribution in [0.5, 0.6) is 0 Å². The summed E-state index contributed by atoms with van der Waals surface area (Å²) in [7, 11) is -1.48. The van der Waals surface area contributed by atoms with E-state index in [1.165, 1.54) is 0 Å². The van der Waals surface area contributed by atoms with E-state index in [9.17, 15) is 13.8 Å². The summed E-state index contributed by atoms with van der Waals surface area (Å²) in [6.07, 6.45) is 2.03. The van der Waals surface area contributed by atoms with E-state index in [1.54, 1.807) is 6.08 Å². The first-order chi connectivity index (χ1) is 9.53. The molecule has 2 unspecified atom stereocenters. The summed E-state index contributed by atoms with van der Waals surface area (Å²) >= 11 is 0. The first-order valence-corrected chi connectivity index (χ1v) is 6.66. The second kappa shape index (κ2) is 10.3. The molecule has 0 radical (unpaired) electrons. The number of halogens is 1. The van der Waals surface area contributed by atoms with Gasteiger partial charge in [-0.05, 0) is 6.42 Å². The molecular formula is C12H19FNO5P. The van der Waals surface area contributed by atoms with Gasteiger partial charge in [0.2, 0.25) is 0 Å². The first kappa shape index (κ1) is 18.5. The molecule has 114 valence electrons. The molecule has 0 heterocycles. The Bertz CT molecular complexity index is 353. The number of esters is 1. The molecule has 1 N–H and O–H groups in total. The van der Waals surface area contributed by atoms with Crippen LogP contribution in [0.15, 0.2) is 25.3 Å². The van der Waals surface area contributed by atoms with Crippen molar-refractivity contribution in [2.75, 3.05) is 19.8 Å².